The highest BCUT2D eigenvalue weighted by Crippen LogP contribution is 2.75. The highest BCUT2D eigenvalue weighted by Gasteiger charge is 2.79. The molecule has 0 saturated heterocycles. The van der Waals surface area contributed by atoms with Crippen molar-refractivity contribution in [3.05, 3.63) is 0 Å². The fourth-order valence-corrected chi connectivity index (χ4v) is 68.8. The molecule has 18 atom stereocenters. The molecule has 12 rings (SSSR count). The molecular weight excluding hydrogens is 1620 g/mol. The smallest absolute Gasteiger partial charge is 0.373 e. The number of hydrogen-bond acceptors (Lipinski definition) is 24. The van der Waals surface area contributed by atoms with E-state index in [0.717, 1.165) is 74.0 Å². The van der Waals surface area contributed by atoms with Gasteiger partial charge in [-0.2, -0.15) is 0 Å². The van der Waals surface area contributed by atoms with Gasteiger partial charge >= 0.3 is 52.8 Å². The Bertz CT molecular complexity index is 2180. The number of rotatable bonds is 51. The second kappa shape index (κ2) is 44.5. The first kappa shape index (κ1) is 97.5. The molecule has 0 aromatic carbocycles. The average Bonchev–Trinajstić information content (AvgIpc) is 1.61. The zero-order valence-corrected chi connectivity index (χ0v) is 84.0. The van der Waals surface area contributed by atoms with E-state index in [-0.39, 0.29) is 26.2 Å². The van der Waals surface area contributed by atoms with Crippen LogP contribution in [0.5, 0.6) is 0 Å². The van der Waals surface area contributed by atoms with Gasteiger partial charge in [0, 0.05) is 119 Å². The molecule has 650 valence electrons. The molecule has 111 heavy (non-hydrogen) atoms. The summed E-state index contributed by atoms with van der Waals surface area (Å²) in [6, 6.07) is 0. The summed E-state index contributed by atoms with van der Waals surface area (Å²) < 4.78 is 119. The van der Waals surface area contributed by atoms with Gasteiger partial charge in [0.25, 0.3) is 0 Å². The fraction of sp³-hybridized carbons (Fsp3) is 1.00. The summed E-state index contributed by atoms with van der Waals surface area (Å²) in [5, 5.41) is 0. The van der Waals surface area contributed by atoms with Crippen LogP contribution in [0.2, 0.25) is 0 Å². The van der Waals surface area contributed by atoms with E-state index in [4.69, 9.17) is 79.7 Å². The second-order valence-corrected chi connectivity index (χ2v) is 60.9. The summed E-state index contributed by atoms with van der Waals surface area (Å²) >= 11 is 0. The third-order valence-corrected chi connectivity index (χ3v) is 69.0. The molecule has 0 spiro atoms. The van der Waals surface area contributed by atoms with Crippen molar-refractivity contribution in [1.82, 2.24) is 0 Å². The lowest BCUT2D eigenvalue weighted by Crippen LogP contribution is -2.67. The van der Waals surface area contributed by atoms with Crippen molar-refractivity contribution in [1.29, 1.82) is 0 Å². The molecule has 18 unspecified atom stereocenters. The largest absolute Gasteiger partial charge is 0.519 e. The van der Waals surface area contributed by atoms with E-state index in [0.29, 0.717) is 154 Å². The summed E-state index contributed by atoms with van der Waals surface area (Å²) in [6.07, 6.45) is 31.2. The van der Waals surface area contributed by atoms with Gasteiger partial charge in [0.1, 0.15) is 0 Å². The molecule has 0 aromatic heterocycles. The predicted octanol–water partition coefficient (Wildman–Crippen LogP) is 21.4. The molecule has 0 heterocycles. The highest BCUT2D eigenvalue weighted by atomic mass is 33.1. The van der Waals surface area contributed by atoms with Crippen molar-refractivity contribution in [3.8, 4) is 0 Å². The van der Waals surface area contributed by atoms with Crippen LogP contribution in [-0.2, 0) is 79.7 Å². The molecule has 12 aliphatic carbocycles. The second-order valence-electron chi connectivity index (χ2n) is 33.2. The monoisotopic (exact) mass is 1780 g/mol. The van der Waals surface area contributed by atoms with Crippen LogP contribution >= 0.6 is 64.8 Å². The Morgan fingerprint density at radius 3 is 0.342 bits per heavy atom. The van der Waals surface area contributed by atoms with Gasteiger partial charge in [-0.1, -0.05) is 124 Å². The maximum absolute atomic E-state index is 6.67. The fourth-order valence-electron chi connectivity index (χ4n) is 23.7. The molecule has 30 heteroatoms. The van der Waals surface area contributed by atoms with Crippen LogP contribution in [0.15, 0.2) is 0 Å². The van der Waals surface area contributed by atoms with Crippen LogP contribution < -0.4 is 0 Å². The first-order chi connectivity index (χ1) is 53.7. The van der Waals surface area contributed by atoms with E-state index in [1.54, 1.807) is 0 Å². The zero-order chi connectivity index (χ0) is 80.3. The molecular formula is C81H158O18S6Si6. The van der Waals surface area contributed by atoms with Crippen molar-refractivity contribution in [3.63, 3.8) is 0 Å². The van der Waals surface area contributed by atoms with Crippen LogP contribution in [0.25, 0.3) is 0 Å². The molecule has 0 radical (unpaired) electrons. The summed E-state index contributed by atoms with van der Waals surface area (Å²) in [6.45, 7) is 53.2. The van der Waals surface area contributed by atoms with Crippen LogP contribution in [0.4, 0.5) is 0 Å². The van der Waals surface area contributed by atoms with Crippen LogP contribution in [0.3, 0.4) is 0 Å². The van der Waals surface area contributed by atoms with Crippen molar-refractivity contribution in [2.75, 3.05) is 119 Å². The van der Waals surface area contributed by atoms with Crippen LogP contribution in [0, 0.1) is 71.0 Å². The normalized spacial score (nSPS) is 35.0. The first-order valence-corrected chi connectivity index (χ1v) is 62.1. The standard InChI is InChI=1S/3C26H50O6S2Si2.C3H8/c3*1-7-27-35(28-8-2,29-9-3)25(19-21-13-15-23(25)17-21)33-34-26(20-22-14-16-24(26)18-22)36(30-10-4,31-11-5)32-12-6;1-3-2/h3*21-24H,7-20H2,1-6H3;3H2,1-2H3. The van der Waals surface area contributed by atoms with Gasteiger partial charge in [-0.15, -0.1) is 0 Å². The highest BCUT2D eigenvalue weighted by molar-refractivity contribution is 8.79. The van der Waals surface area contributed by atoms with Gasteiger partial charge in [-0.3, -0.25) is 0 Å². The Balaban J connectivity index is 0.000000188. The summed E-state index contributed by atoms with van der Waals surface area (Å²) in [5.41, 5.74) is 0. The van der Waals surface area contributed by atoms with Gasteiger partial charge in [-0.05, 0) is 311 Å². The van der Waals surface area contributed by atoms with Crippen molar-refractivity contribution < 1.29 is 79.7 Å². The Kier molecular flexibility index (Phi) is 39.1. The number of fused-ring (bicyclic) bond motifs is 12. The van der Waals surface area contributed by atoms with Crippen molar-refractivity contribution >= 4 is 118 Å². The lowest BCUT2D eigenvalue weighted by molar-refractivity contribution is 0.0486. The van der Waals surface area contributed by atoms with E-state index in [9.17, 15) is 0 Å². The Labute approximate surface area is 706 Å². The average molecular weight is 1780 g/mol. The van der Waals surface area contributed by atoms with Crippen LogP contribution in [0.1, 0.15) is 299 Å². The minimum atomic E-state index is -2.97. The van der Waals surface area contributed by atoms with E-state index in [1.165, 1.54) is 122 Å². The molecule has 0 N–H and O–H groups in total. The topological polar surface area (TPSA) is 166 Å². The van der Waals surface area contributed by atoms with Gasteiger partial charge in [0.15, 0.2) is 0 Å². The molecule has 0 aliphatic heterocycles. The lowest BCUT2D eigenvalue weighted by atomic mass is 9.99. The molecule has 12 saturated carbocycles. The van der Waals surface area contributed by atoms with E-state index in [1.807, 2.05) is 0 Å². The quantitative estimate of drug-likeness (QED) is 0.0416. The third-order valence-electron chi connectivity index (χ3n) is 26.9. The summed E-state index contributed by atoms with van der Waals surface area (Å²) in [4.78, 5) is 0. The van der Waals surface area contributed by atoms with E-state index >= 15 is 0 Å². The summed E-state index contributed by atoms with van der Waals surface area (Å²) in [7, 11) is -5.47. The van der Waals surface area contributed by atoms with E-state index in [2.05, 4.69) is 203 Å². The number of hydrogen-bond donors (Lipinski definition) is 0. The predicted molar refractivity (Wildman–Crippen MR) is 474 cm³/mol. The Hall–Kier alpha value is 2.68. The van der Waals surface area contributed by atoms with E-state index < -0.39 is 52.8 Å². The van der Waals surface area contributed by atoms with Gasteiger partial charge in [0.05, 0.1) is 26.2 Å². The maximum Gasteiger partial charge on any atom is 0.519 e. The SMILES string of the molecule is CCC.CCO[Si](OCC)(OCC)C1(SSC2([Si](OCC)(OCC)OCC)CC3CCC2C3)CC2CCC1C2.CCO[Si](OCC)(OCC)C1(SSC2([Si](OCC)(OCC)OCC)CC3CCC2C3)CC2CCC1C2.CCO[Si](OCC)(OCC)C1(SSC2([Si](OCC)(OCC)OCC)CC3CCC2C3)CC2CCC1C2. The molecule has 0 amide bonds. The molecule has 12 bridgehead atoms. The molecule has 0 aromatic rings. The zero-order valence-electron chi connectivity index (χ0n) is 73.1. The van der Waals surface area contributed by atoms with Gasteiger partial charge in [0.2, 0.25) is 0 Å². The molecule has 12 fully saturated rings. The Morgan fingerprint density at radius 1 is 0.180 bits per heavy atom. The van der Waals surface area contributed by atoms with Crippen LogP contribution in [-0.4, -0.2) is 198 Å². The molecule has 18 nitrogen and oxygen atoms in total. The third kappa shape index (κ3) is 19.0. The maximum atomic E-state index is 6.67. The van der Waals surface area contributed by atoms with Crippen molar-refractivity contribution in [2.45, 2.75) is 325 Å². The minimum absolute atomic E-state index is 0.123. The van der Waals surface area contributed by atoms with Gasteiger partial charge < -0.3 is 79.7 Å². The Morgan fingerprint density at radius 2 is 0.279 bits per heavy atom. The van der Waals surface area contributed by atoms with Gasteiger partial charge in [-0.25, -0.2) is 0 Å². The minimum Gasteiger partial charge on any atom is -0.373 e. The summed E-state index contributed by atoms with van der Waals surface area (Å²) in [5.74, 6) is 7.97. The molecule has 12 aliphatic rings. The first-order valence-electron chi connectivity index (χ1n) is 45.3. The van der Waals surface area contributed by atoms with Crippen molar-refractivity contribution in [2.24, 2.45) is 71.0 Å². The lowest BCUT2D eigenvalue weighted by Gasteiger charge is -2.51.